The van der Waals surface area contributed by atoms with Gasteiger partial charge in [0.15, 0.2) is 5.60 Å². The molecule has 1 aromatic rings. The van der Waals surface area contributed by atoms with Gasteiger partial charge in [-0.1, -0.05) is 28.7 Å². The summed E-state index contributed by atoms with van der Waals surface area (Å²) >= 11 is 5.98. The van der Waals surface area contributed by atoms with Gasteiger partial charge in [0.25, 0.3) is 0 Å². The molecule has 1 spiro atoms. The fraction of sp³-hybridized carbons (Fsp3) is 0.500. The first-order chi connectivity index (χ1) is 12.6. The number of carbonyl (C=O) groups is 1. The number of halogens is 1. The maximum absolute atomic E-state index is 12.7. The van der Waals surface area contributed by atoms with Crippen molar-refractivity contribution in [2.75, 3.05) is 26.2 Å². The summed E-state index contributed by atoms with van der Waals surface area (Å²) in [7, 11) is 0. The molecule has 2 fully saturated rings. The lowest BCUT2D eigenvalue weighted by atomic mass is 9.96. The molecule has 136 valence electrons. The summed E-state index contributed by atoms with van der Waals surface area (Å²) < 4.78 is 0. The van der Waals surface area contributed by atoms with Gasteiger partial charge in [0.05, 0.1) is 6.54 Å². The van der Waals surface area contributed by atoms with Crippen LogP contribution in [0.25, 0.3) is 0 Å². The minimum atomic E-state index is -0.399. The highest BCUT2D eigenvalue weighted by atomic mass is 35.5. The molecule has 3 aliphatic rings. The lowest BCUT2D eigenvalue weighted by Crippen LogP contribution is -2.46. The van der Waals surface area contributed by atoms with Crippen molar-refractivity contribution in [1.29, 1.82) is 0 Å². The van der Waals surface area contributed by atoms with E-state index >= 15 is 0 Å². The normalized spacial score (nSPS) is 24.9. The van der Waals surface area contributed by atoms with Crippen LogP contribution in [0.15, 0.2) is 29.4 Å². The van der Waals surface area contributed by atoms with Gasteiger partial charge in [-0.3, -0.25) is 0 Å². The number of carbonyl (C=O) groups excluding carboxylic acids is 1. The predicted octanol–water partition coefficient (Wildman–Crippen LogP) is 3.52. The zero-order valence-corrected chi connectivity index (χ0v) is 15.5. The molecule has 0 N–H and O–H groups in total. The van der Waals surface area contributed by atoms with E-state index in [1.165, 1.54) is 6.42 Å². The molecule has 0 aliphatic carbocycles. The number of rotatable bonds is 0. The Kier molecular flexibility index (Phi) is 4.78. The Labute approximate surface area is 158 Å². The number of likely N-dealkylation sites (tertiary alicyclic amines) is 2. The zero-order chi connectivity index (χ0) is 18.0. The number of nitrogens with zero attached hydrogens (tertiary/aromatic N) is 3. The van der Waals surface area contributed by atoms with E-state index in [4.69, 9.17) is 16.4 Å². The standard InChI is InChI=1S/C20H22ClN3O2/c21-17-6-4-5-16(13-17)7-8-18-14-20(26-22-18)9-12-24(15-20)19(25)23-10-2-1-3-11-23/h4-6,13H,1-3,9-12,14-15H2. The number of oxime groups is 1. The second-order valence-electron chi connectivity index (χ2n) is 7.25. The molecule has 1 atom stereocenters. The Hall–Kier alpha value is -2.19. The Morgan fingerprint density at radius 2 is 2.00 bits per heavy atom. The van der Waals surface area contributed by atoms with Crippen LogP contribution in [0.2, 0.25) is 5.02 Å². The zero-order valence-electron chi connectivity index (χ0n) is 14.7. The van der Waals surface area contributed by atoms with Crippen LogP contribution in [0.5, 0.6) is 0 Å². The van der Waals surface area contributed by atoms with E-state index in [1.54, 1.807) is 0 Å². The van der Waals surface area contributed by atoms with Gasteiger partial charge in [-0.25, -0.2) is 4.79 Å². The van der Waals surface area contributed by atoms with Crippen molar-refractivity contribution in [3.63, 3.8) is 0 Å². The van der Waals surface area contributed by atoms with Gasteiger partial charge >= 0.3 is 6.03 Å². The molecule has 1 unspecified atom stereocenters. The first-order valence-electron chi connectivity index (χ1n) is 9.20. The van der Waals surface area contributed by atoms with Gasteiger partial charge in [-0.05, 0) is 43.4 Å². The fourth-order valence-electron chi connectivity index (χ4n) is 3.81. The first-order valence-corrected chi connectivity index (χ1v) is 9.58. The molecule has 3 aliphatic heterocycles. The summed E-state index contributed by atoms with van der Waals surface area (Å²) in [5.74, 6) is 6.17. The molecule has 3 heterocycles. The van der Waals surface area contributed by atoms with Gasteiger partial charge in [-0.2, -0.15) is 0 Å². The molecule has 5 nitrogen and oxygen atoms in total. The van der Waals surface area contributed by atoms with Gasteiger partial charge in [0.1, 0.15) is 5.71 Å². The quantitative estimate of drug-likeness (QED) is 0.655. The largest absolute Gasteiger partial charge is 0.386 e. The molecule has 0 bridgehead atoms. The molecule has 4 rings (SSSR count). The highest BCUT2D eigenvalue weighted by Crippen LogP contribution is 2.34. The average Bonchev–Trinajstić information content (AvgIpc) is 3.27. The number of benzene rings is 1. The lowest BCUT2D eigenvalue weighted by molar-refractivity contribution is -0.00865. The van der Waals surface area contributed by atoms with Crippen molar-refractivity contribution in [2.24, 2.45) is 5.16 Å². The maximum atomic E-state index is 12.7. The van der Waals surface area contributed by atoms with Crippen molar-refractivity contribution in [2.45, 2.75) is 37.7 Å². The van der Waals surface area contributed by atoms with Crippen LogP contribution in [0, 0.1) is 11.8 Å². The van der Waals surface area contributed by atoms with E-state index in [0.29, 0.717) is 18.0 Å². The van der Waals surface area contributed by atoms with Crippen LogP contribution >= 0.6 is 11.6 Å². The summed E-state index contributed by atoms with van der Waals surface area (Å²) in [5, 5.41) is 4.84. The molecule has 0 aromatic heterocycles. The van der Waals surface area contributed by atoms with E-state index in [9.17, 15) is 4.79 Å². The fourth-order valence-corrected chi connectivity index (χ4v) is 4.00. The Balaban J connectivity index is 1.36. The van der Waals surface area contributed by atoms with Crippen LogP contribution in [0.4, 0.5) is 4.79 Å². The molecule has 6 heteroatoms. The third-order valence-electron chi connectivity index (χ3n) is 5.23. The second-order valence-corrected chi connectivity index (χ2v) is 7.69. The molecule has 0 radical (unpaired) electrons. The summed E-state index contributed by atoms with van der Waals surface area (Å²) in [6, 6.07) is 7.59. The molecular formula is C20H22ClN3O2. The van der Waals surface area contributed by atoms with Crippen molar-refractivity contribution in [1.82, 2.24) is 9.80 Å². The molecule has 26 heavy (non-hydrogen) atoms. The highest BCUT2D eigenvalue weighted by molar-refractivity contribution is 6.30. The molecule has 1 aromatic carbocycles. The summed E-state index contributed by atoms with van der Waals surface area (Å²) in [6.45, 7) is 3.06. The average molecular weight is 372 g/mol. The van der Waals surface area contributed by atoms with Gasteiger partial charge in [-0.15, -0.1) is 0 Å². The van der Waals surface area contributed by atoms with Gasteiger partial charge in [0.2, 0.25) is 0 Å². The topological polar surface area (TPSA) is 45.1 Å². The number of hydrogen-bond acceptors (Lipinski definition) is 3. The van der Waals surface area contributed by atoms with E-state index < -0.39 is 5.60 Å². The number of piperidine rings is 1. The summed E-state index contributed by atoms with van der Waals surface area (Å²) in [4.78, 5) is 22.3. The number of urea groups is 1. The second kappa shape index (κ2) is 7.20. The van der Waals surface area contributed by atoms with E-state index in [2.05, 4.69) is 17.0 Å². The van der Waals surface area contributed by atoms with Crippen LogP contribution in [-0.4, -0.2) is 53.3 Å². The highest BCUT2D eigenvalue weighted by Gasteiger charge is 2.47. The van der Waals surface area contributed by atoms with Crippen LogP contribution < -0.4 is 0 Å². The molecular weight excluding hydrogens is 350 g/mol. The van der Waals surface area contributed by atoms with Crippen molar-refractivity contribution in [3.8, 4) is 11.8 Å². The smallest absolute Gasteiger partial charge is 0.320 e. The number of amides is 2. The molecule has 2 saturated heterocycles. The lowest BCUT2D eigenvalue weighted by Gasteiger charge is -2.31. The van der Waals surface area contributed by atoms with Crippen molar-refractivity contribution >= 4 is 23.3 Å². The Morgan fingerprint density at radius 3 is 2.81 bits per heavy atom. The van der Waals surface area contributed by atoms with Crippen molar-refractivity contribution < 1.29 is 9.63 Å². The van der Waals surface area contributed by atoms with Crippen LogP contribution in [0.1, 0.15) is 37.7 Å². The van der Waals surface area contributed by atoms with Crippen molar-refractivity contribution in [3.05, 3.63) is 34.9 Å². The Morgan fingerprint density at radius 1 is 1.15 bits per heavy atom. The minimum absolute atomic E-state index is 0.142. The van der Waals surface area contributed by atoms with E-state index in [1.807, 2.05) is 34.1 Å². The van der Waals surface area contributed by atoms with E-state index in [-0.39, 0.29) is 6.03 Å². The van der Waals surface area contributed by atoms with Crippen LogP contribution in [-0.2, 0) is 4.84 Å². The summed E-state index contributed by atoms with van der Waals surface area (Å²) in [5.41, 5.74) is 1.19. The first kappa shape index (κ1) is 17.2. The molecule has 0 saturated carbocycles. The molecule has 2 amide bonds. The van der Waals surface area contributed by atoms with Gasteiger partial charge in [0, 0.05) is 43.1 Å². The van der Waals surface area contributed by atoms with Crippen LogP contribution in [0.3, 0.4) is 0 Å². The predicted molar refractivity (Wildman–Crippen MR) is 101 cm³/mol. The third-order valence-corrected chi connectivity index (χ3v) is 5.46. The Bertz CT molecular complexity index is 792. The summed E-state index contributed by atoms with van der Waals surface area (Å²) in [6.07, 6.45) is 4.89. The number of hydrogen-bond donors (Lipinski definition) is 0. The third kappa shape index (κ3) is 3.66. The maximum Gasteiger partial charge on any atom is 0.320 e. The minimum Gasteiger partial charge on any atom is -0.386 e. The van der Waals surface area contributed by atoms with E-state index in [0.717, 1.165) is 50.2 Å². The van der Waals surface area contributed by atoms with Gasteiger partial charge < -0.3 is 14.6 Å². The monoisotopic (exact) mass is 371 g/mol. The SMILES string of the molecule is O=C(N1CCCCC1)N1CCC2(CC(C#Cc3cccc(Cl)c3)=NO2)C1.